The third-order valence-corrected chi connectivity index (χ3v) is 8.40. The summed E-state index contributed by atoms with van der Waals surface area (Å²) in [5.41, 5.74) is 2.08. The van der Waals surface area contributed by atoms with E-state index in [1.807, 2.05) is 38.1 Å². The number of carbonyl (C=O) groups excluding carboxylic acids is 2. The highest BCUT2D eigenvalue weighted by molar-refractivity contribution is 7.92. The minimum Gasteiger partial charge on any atom is -0.497 e. The largest absolute Gasteiger partial charge is 0.497 e. The zero-order valence-corrected chi connectivity index (χ0v) is 24.1. The first-order chi connectivity index (χ1) is 18.6. The van der Waals surface area contributed by atoms with E-state index in [0.717, 1.165) is 21.9 Å². The predicted molar refractivity (Wildman–Crippen MR) is 153 cm³/mol. The van der Waals surface area contributed by atoms with Crippen molar-refractivity contribution < 1.29 is 22.7 Å². The Balaban J connectivity index is 2.02. The Morgan fingerprint density at radius 1 is 1.00 bits per heavy atom. The van der Waals surface area contributed by atoms with Gasteiger partial charge in [0.25, 0.3) is 10.0 Å². The van der Waals surface area contributed by atoms with Gasteiger partial charge in [0.05, 0.1) is 17.7 Å². The average Bonchev–Trinajstić information content (AvgIpc) is 2.94. The van der Waals surface area contributed by atoms with Crippen molar-refractivity contribution in [2.75, 3.05) is 24.5 Å². The van der Waals surface area contributed by atoms with Crippen molar-refractivity contribution in [3.63, 3.8) is 0 Å². The highest BCUT2D eigenvalue weighted by Crippen LogP contribution is 2.27. The zero-order valence-electron chi connectivity index (χ0n) is 22.6. The molecule has 0 radical (unpaired) electrons. The summed E-state index contributed by atoms with van der Waals surface area (Å²) in [5, 5.41) is 3.26. The van der Waals surface area contributed by atoms with Crippen molar-refractivity contribution in [3.8, 4) is 5.75 Å². The Hall–Kier alpha value is -3.56. The monoisotopic (exact) mass is 571 g/mol. The van der Waals surface area contributed by atoms with Crippen LogP contribution in [0.3, 0.4) is 0 Å². The van der Waals surface area contributed by atoms with Crippen molar-refractivity contribution in [2.24, 2.45) is 0 Å². The van der Waals surface area contributed by atoms with Crippen molar-refractivity contribution in [1.29, 1.82) is 0 Å². The topological polar surface area (TPSA) is 96.0 Å². The van der Waals surface area contributed by atoms with Crippen LogP contribution in [0.4, 0.5) is 5.69 Å². The minimum absolute atomic E-state index is 0.00904. The molecule has 0 saturated carbocycles. The number of anilines is 1. The molecule has 2 amide bonds. The lowest BCUT2D eigenvalue weighted by Crippen LogP contribution is -2.51. The summed E-state index contributed by atoms with van der Waals surface area (Å²) in [6, 6.07) is 18.9. The number of halogens is 1. The zero-order chi connectivity index (χ0) is 28.6. The second-order valence-electron chi connectivity index (χ2n) is 9.08. The number of ether oxygens (including phenoxy) is 1. The summed E-state index contributed by atoms with van der Waals surface area (Å²) in [5.74, 6) is -0.335. The second kappa shape index (κ2) is 13.5. The van der Waals surface area contributed by atoms with Gasteiger partial charge in [0.15, 0.2) is 0 Å². The molecular formula is C29H34ClN3O5S. The number of nitrogens with one attached hydrogen (secondary N) is 1. The van der Waals surface area contributed by atoms with Crippen LogP contribution in [0.1, 0.15) is 31.4 Å². The van der Waals surface area contributed by atoms with Crippen LogP contribution in [0.5, 0.6) is 5.75 Å². The first-order valence-electron chi connectivity index (χ1n) is 12.6. The Morgan fingerprint density at radius 3 is 2.23 bits per heavy atom. The molecule has 0 aliphatic rings. The summed E-state index contributed by atoms with van der Waals surface area (Å²) < 4.78 is 33.9. The molecule has 0 aromatic heterocycles. The smallest absolute Gasteiger partial charge is 0.264 e. The third-order valence-electron chi connectivity index (χ3n) is 6.36. The number of hydrogen-bond donors (Lipinski definition) is 1. The van der Waals surface area contributed by atoms with Crippen LogP contribution in [-0.2, 0) is 26.2 Å². The number of nitrogens with zero attached hydrogens (tertiary/aromatic N) is 2. The summed E-state index contributed by atoms with van der Waals surface area (Å²) in [4.78, 5) is 28.2. The molecule has 0 saturated heterocycles. The molecule has 0 spiro atoms. The molecule has 10 heteroatoms. The van der Waals surface area contributed by atoms with E-state index in [9.17, 15) is 18.0 Å². The van der Waals surface area contributed by atoms with Crippen LogP contribution in [0.15, 0.2) is 77.7 Å². The molecule has 39 heavy (non-hydrogen) atoms. The normalized spacial score (nSPS) is 11.9. The van der Waals surface area contributed by atoms with Gasteiger partial charge in [-0.3, -0.25) is 13.9 Å². The van der Waals surface area contributed by atoms with Gasteiger partial charge in [0, 0.05) is 18.1 Å². The van der Waals surface area contributed by atoms with Crippen LogP contribution >= 0.6 is 11.6 Å². The van der Waals surface area contributed by atoms with E-state index in [1.165, 1.54) is 24.1 Å². The highest BCUT2D eigenvalue weighted by atomic mass is 35.5. The number of carbonyl (C=O) groups is 2. The summed E-state index contributed by atoms with van der Waals surface area (Å²) in [6.45, 7) is 5.60. The van der Waals surface area contributed by atoms with E-state index < -0.39 is 28.5 Å². The third kappa shape index (κ3) is 7.52. The van der Waals surface area contributed by atoms with E-state index >= 15 is 0 Å². The van der Waals surface area contributed by atoms with E-state index in [4.69, 9.17) is 16.3 Å². The number of rotatable bonds is 12. The molecule has 0 heterocycles. The Labute approximate surface area is 235 Å². The molecule has 0 aliphatic carbocycles. The summed E-state index contributed by atoms with van der Waals surface area (Å²) in [6.07, 6.45) is 0.745. The number of sulfonamides is 1. The number of hydrogen-bond acceptors (Lipinski definition) is 5. The Morgan fingerprint density at radius 2 is 1.64 bits per heavy atom. The molecule has 0 aliphatic heterocycles. The molecule has 3 rings (SSSR count). The number of aryl methyl sites for hydroxylation is 1. The van der Waals surface area contributed by atoms with E-state index in [-0.39, 0.29) is 23.0 Å². The SMILES string of the molecule is CCCNC(=O)[C@H](C)N(Cc1ccccc1C)C(=O)CN(c1ccc(Cl)cc1)S(=O)(=O)c1ccc(OC)cc1. The fourth-order valence-electron chi connectivity index (χ4n) is 3.96. The van der Waals surface area contributed by atoms with E-state index in [2.05, 4.69) is 5.32 Å². The minimum atomic E-state index is -4.18. The Kier molecular flexibility index (Phi) is 10.4. The van der Waals surface area contributed by atoms with E-state index in [0.29, 0.717) is 17.3 Å². The molecule has 0 fully saturated rings. The van der Waals surface area contributed by atoms with Crippen LogP contribution in [0.2, 0.25) is 5.02 Å². The summed E-state index contributed by atoms with van der Waals surface area (Å²) in [7, 11) is -2.69. The van der Waals surface area contributed by atoms with Crippen molar-refractivity contribution in [1.82, 2.24) is 10.2 Å². The number of methoxy groups -OCH3 is 1. The van der Waals surface area contributed by atoms with Gasteiger partial charge in [-0.1, -0.05) is 42.8 Å². The molecule has 1 N–H and O–H groups in total. The van der Waals surface area contributed by atoms with Gasteiger partial charge in [-0.25, -0.2) is 8.42 Å². The van der Waals surface area contributed by atoms with Crippen LogP contribution < -0.4 is 14.4 Å². The van der Waals surface area contributed by atoms with Gasteiger partial charge in [0.2, 0.25) is 11.8 Å². The lowest BCUT2D eigenvalue weighted by molar-refractivity contribution is -0.139. The van der Waals surface area contributed by atoms with Gasteiger partial charge < -0.3 is 15.0 Å². The molecule has 1 atom stereocenters. The fourth-order valence-corrected chi connectivity index (χ4v) is 5.50. The fraction of sp³-hybridized carbons (Fsp3) is 0.310. The van der Waals surface area contributed by atoms with Crippen molar-refractivity contribution in [3.05, 3.63) is 88.9 Å². The molecular weight excluding hydrogens is 538 g/mol. The molecule has 8 nitrogen and oxygen atoms in total. The molecule has 3 aromatic carbocycles. The standard InChI is InChI=1S/C29H34ClN3O5S/c1-5-18-31-29(35)22(3)32(19-23-9-7-6-8-21(23)2)28(34)20-33(25-12-10-24(30)11-13-25)39(36,37)27-16-14-26(38-4)15-17-27/h6-17,22H,5,18-20H2,1-4H3,(H,31,35)/t22-/m0/s1. The van der Waals surface area contributed by atoms with Gasteiger partial charge in [0.1, 0.15) is 18.3 Å². The lowest BCUT2D eigenvalue weighted by atomic mass is 10.1. The Bertz CT molecular complexity index is 1380. The maximum atomic E-state index is 13.9. The summed E-state index contributed by atoms with van der Waals surface area (Å²) >= 11 is 6.06. The first-order valence-corrected chi connectivity index (χ1v) is 14.4. The highest BCUT2D eigenvalue weighted by Gasteiger charge is 2.32. The quantitative estimate of drug-likeness (QED) is 0.337. The van der Waals surface area contributed by atoms with Crippen molar-refractivity contribution in [2.45, 2.75) is 44.7 Å². The predicted octanol–water partition coefficient (Wildman–Crippen LogP) is 4.80. The number of benzene rings is 3. The number of amides is 2. The maximum Gasteiger partial charge on any atom is 0.264 e. The van der Waals surface area contributed by atoms with Crippen LogP contribution in [0.25, 0.3) is 0 Å². The van der Waals surface area contributed by atoms with Gasteiger partial charge in [-0.05, 0) is 79.9 Å². The maximum absolute atomic E-state index is 13.9. The molecule has 0 unspecified atom stereocenters. The second-order valence-corrected chi connectivity index (χ2v) is 11.4. The van der Waals surface area contributed by atoms with Crippen LogP contribution in [-0.4, -0.2) is 51.4 Å². The van der Waals surface area contributed by atoms with Crippen molar-refractivity contribution >= 4 is 39.1 Å². The van der Waals surface area contributed by atoms with E-state index in [1.54, 1.807) is 43.3 Å². The molecule has 208 valence electrons. The average molecular weight is 572 g/mol. The first kappa shape index (κ1) is 30.0. The lowest BCUT2D eigenvalue weighted by Gasteiger charge is -2.32. The molecule has 3 aromatic rings. The van der Waals surface area contributed by atoms with Gasteiger partial charge in [-0.15, -0.1) is 0 Å². The molecule has 0 bridgehead atoms. The van der Waals surface area contributed by atoms with Gasteiger partial charge in [-0.2, -0.15) is 0 Å². The van der Waals surface area contributed by atoms with Gasteiger partial charge >= 0.3 is 0 Å². The van der Waals surface area contributed by atoms with Crippen LogP contribution in [0, 0.1) is 6.92 Å².